The van der Waals surface area contributed by atoms with E-state index < -0.39 is 0 Å². The second kappa shape index (κ2) is 5.05. The van der Waals surface area contributed by atoms with Crippen molar-refractivity contribution < 1.29 is 0 Å². The molecule has 1 heteroatoms. The molecule has 1 atom stereocenters. The van der Waals surface area contributed by atoms with Crippen molar-refractivity contribution in [3.63, 3.8) is 0 Å². The van der Waals surface area contributed by atoms with Gasteiger partial charge in [-0.1, -0.05) is 6.42 Å². The van der Waals surface area contributed by atoms with E-state index in [0.717, 1.165) is 5.92 Å². The number of hydrogen-bond acceptors (Lipinski definition) is 1. The van der Waals surface area contributed by atoms with Crippen LogP contribution in [0.3, 0.4) is 0 Å². The molecule has 1 unspecified atom stereocenters. The summed E-state index contributed by atoms with van der Waals surface area (Å²) in [5.74, 6) is 0.842. The zero-order valence-electron chi connectivity index (χ0n) is 12.8. The standard InChI is InChI=1S/C17H27N/c1-10-11(2)13(4)16(14(5)12(10)3)17(18-6)15-8-7-9-15/h15,17-18H,7-9H2,1-6H3. The van der Waals surface area contributed by atoms with E-state index in [4.69, 9.17) is 0 Å². The van der Waals surface area contributed by atoms with Gasteiger partial charge in [0.15, 0.2) is 0 Å². The van der Waals surface area contributed by atoms with E-state index in [1.807, 2.05) is 0 Å². The Balaban J connectivity index is 2.55. The van der Waals surface area contributed by atoms with Crippen LogP contribution < -0.4 is 5.32 Å². The van der Waals surface area contributed by atoms with Crippen LogP contribution in [0.1, 0.15) is 58.7 Å². The maximum absolute atomic E-state index is 3.58. The van der Waals surface area contributed by atoms with Gasteiger partial charge in [0, 0.05) is 6.04 Å². The van der Waals surface area contributed by atoms with Crippen LogP contribution in [0.15, 0.2) is 0 Å². The number of benzene rings is 1. The molecule has 0 aromatic heterocycles. The van der Waals surface area contributed by atoms with Gasteiger partial charge in [0.2, 0.25) is 0 Å². The van der Waals surface area contributed by atoms with E-state index in [2.05, 4.69) is 47.0 Å². The van der Waals surface area contributed by atoms with E-state index in [-0.39, 0.29) is 0 Å². The summed E-state index contributed by atoms with van der Waals surface area (Å²) in [6.45, 7) is 11.4. The Morgan fingerprint density at radius 2 is 1.28 bits per heavy atom. The predicted octanol–water partition coefficient (Wildman–Crippen LogP) is 4.29. The quantitative estimate of drug-likeness (QED) is 0.837. The average molecular weight is 245 g/mol. The third kappa shape index (κ3) is 1.99. The molecular weight excluding hydrogens is 218 g/mol. The highest BCUT2D eigenvalue weighted by atomic mass is 14.9. The van der Waals surface area contributed by atoms with Gasteiger partial charge in [-0.3, -0.25) is 0 Å². The summed E-state index contributed by atoms with van der Waals surface area (Å²) in [5.41, 5.74) is 9.00. The van der Waals surface area contributed by atoms with Crippen molar-refractivity contribution in [3.8, 4) is 0 Å². The lowest BCUT2D eigenvalue weighted by atomic mass is 9.74. The van der Waals surface area contributed by atoms with Crippen molar-refractivity contribution in [1.29, 1.82) is 0 Å². The summed E-state index contributed by atoms with van der Waals surface area (Å²) in [7, 11) is 2.12. The van der Waals surface area contributed by atoms with Gasteiger partial charge in [-0.05, 0) is 93.8 Å². The van der Waals surface area contributed by atoms with Crippen molar-refractivity contribution in [3.05, 3.63) is 33.4 Å². The molecule has 1 fully saturated rings. The summed E-state index contributed by atoms with van der Waals surface area (Å²) in [4.78, 5) is 0. The Kier molecular flexibility index (Phi) is 3.82. The lowest BCUT2D eigenvalue weighted by molar-refractivity contribution is 0.238. The minimum absolute atomic E-state index is 0.553. The maximum Gasteiger partial charge on any atom is 0.0351 e. The van der Waals surface area contributed by atoms with Crippen LogP contribution in [0.5, 0.6) is 0 Å². The van der Waals surface area contributed by atoms with Crippen molar-refractivity contribution in [2.24, 2.45) is 5.92 Å². The molecule has 1 N–H and O–H groups in total. The SMILES string of the molecule is CNC(c1c(C)c(C)c(C)c(C)c1C)C1CCC1. The molecule has 0 bridgehead atoms. The van der Waals surface area contributed by atoms with Gasteiger partial charge in [-0.15, -0.1) is 0 Å². The molecule has 18 heavy (non-hydrogen) atoms. The summed E-state index contributed by atoms with van der Waals surface area (Å²) in [6, 6.07) is 0.553. The minimum atomic E-state index is 0.553. The highest BCUT2D eigenvalue weighted by molar-refractivity contribution is 5.51. The predicted molar refractivity (Wildman–Crippen MR) is 79.3 cm³/mol. The van der Waals surface area contributed by atoms with Crippen LogP contribution in [0.25, 0.3) is 0 Å². The maximum atomic E-state index is 3.58. The van der Waals surface area contributed by atoms with Crippen molar-refractivity contribution in [1.82, 2.24) is 5.32 Å². The van der Waals surface area contributed by atoms with Gasteiger partial charge in [-0.25, -0.2) is 0 Å². The number of nitrogens with one attached hydrogen (secondary N) is 1. The van der Waals surface area contributed by atoms with Gasteiger partial charge in [0.25, 0.3) is 0 Å². The Morgan fingerprint density at radius 3 is 1.61 bits per heavy atom. The molecule has 1 nitrogen and oxygen atoms in total. The van der Waals surface area contributed by atoms with E-state index in [0.29, 0.717) is 6.04 Å². The first-order valence-electron chi connectivity index (χ1n) is 7.23. The fraction of sp³-hybridized carbons (Fsp3) is 0.647. The molecule has 0 aliphatic heterocycles. The molecule has 1 saturated carbocycles. The second-order valence-corrected chi connectivity index (χ2v) is 6.00. The average Bonchev–Trinajstić information content (AvgIpc) is 2.30. The van der Waals surface area contributed by atoms with Crippen LogP contribution in [0.2, 0.25) is 0 Å². The molecule has 1 aliphatic carbocycles. The minimum Gasteiger partial charge on any atom is -0.313 e. The Hall–Kier alpha value is -0.820. The first kappa shape index (κ1) is 13.6. The molecule has 0 saturated heterocycles. The van der Waals surface area contributed by atoms with Crippen LogP contribution in [-0.4, -0.2) is 7.05 Å². The van der Waals surface area contributed by atoms with Gasteiger partial charge in [0.05, 0.1) is 0 Å². The number of hydrogen-bond donors (Lipinski definition) is 1. The summed E-state index contributed by atoms with van der Waals surface area (Å²) in [5, 5.41) is 3.58. The second-order valence-electron chi connectivity index (χ2n) is 6.00. The van der Waals surface area contributed by atoms with E-state index in [1.165, 1.54) is 47.1 Å². The lowest BCUT2D eigenvalue weighted by Gasteiger charge is -2.36. The van der Waals surface area contributed by atoms with Gasteiger partial charge >= 0.3 is 0 Å². The van der Waals surface area contributed by atoms with Crippen molar-refractivity contribution in [2.45, 2.75) is 59.9 Å². The highest BCUT2D eigenvalue weighted by Crippen LogP contribution is 2.41. The Labute approximate surface area is 112 Å². The van der Waals surface area contributed by atoms with Gasteiger partial charge in [-0.2, -0.15) is 0 Å². The first-order valence-corrected chi connectivity index (χ1v) is 7.23. The van der Waals surface area contributed by atoms with Gasteiger partial charge < -0.3 is 5.32 Å². The van der Waals surface area contributed by atoms with Gasteiger partial charge in [0.1, 0.15) is 0 Å². The molecular formula is C17H27N. The van der Waals surface area contributed by atoms with E-state index in [1.54, 1.807) is 5.56 Å². The van der Waals surface area contributed by atoms with Crippen molar-refractivity contribution in [2.75, 3.05) is 7.05 Å². The molecule has 0 radical (unpaired) electrons. The van der Waals surface area contributed by atoms with Crippen LogP contribution in [0.4, 0.5) is 0 Å². The fourth-order valence-corrected chi connectivity index (χ4v) is 3.38. The lowest BCUT2D eigenvalue weighted by Crippen LogP contribution is -2.31. The molecule has 1 aromatic carbocycles. The Bertz CT molecular complexity index is 426. The molecule has 0 amide bonds. The molecule has 0 heterocycles. The smallest absolute Gasteiger partial charge is 0.0351 e. The summed E-state index contributed by atoms with van der Waals surface area (Å²) < 4.78 is 0. The Morgan fingerprint density at radius 1 is 0.833 bits per heavy atom. The third-order valence-corrected chi connectivity index (χ3v) is 5.30. The topological polar surface area (TPSA) is 12.0 Å². The van der Waals surface area contributed by atoms with Crippen LogP contribution >= 0.6 is 0 Å². The zero-order valence-corrected chi connectivity index (χ0v) is 12.8. The monoisotopic (exact) mass is 245 g/mol. The normalized spacial score (nSPS) is 17.7. The molecule has 1 aromatic rings. The zero-order chi connectivity index (χ0) is 13.4. The first-order chi connectivity index (χ1) is 8.49. The molecule has 1 aliphatic rings. The highest BCUT2D eigenvalue weighted by Gasteiger charge is 2.30. The summed E-state index contributed by atoms with van der Waals surface area (Å²) >= 11 is 0. The summed E-state index contributed by atoms with van der Waals surface area (Å²) in [6.07, 6.45) is 4.18. The van der Waals surface area contributed by atoms with Crippen LogP contribution in [0, 0.1) is 40.5 Å². The molecule has 0 spiro atoms. The largest absolute Gasteiger partial charge is 0.313 e. The fourth-order valence-electron chi connectivity index (χ4n) is 3.38. The molecule has 2 rings (SSSR count). The van der Waals surface area contributed by atoms with E-state index >= 15 is 0 Å². The number of rotatable bonds is 3. The van der Waals surface area contributed by atoms with Crippen LogP contribution in [-0.2, 0) is 0 Å². The van der Waals surface area contributed by atoms with Crippen molar-refractivity contribution >= 4 is 0 Å². The molecule has 100 valence electrons. The van der Waals surface area contributed by atoms with E-state index in [9.17, 15) is 0 Å². The third-order valence-electron chi connectivity index (χ3n) is 5.30.